The topological polar surface area (TPSA) is 61.4 Å². The lowest BCUT2D eigenvalue weighted by molar-refractivity contribution is 0.176. The largest absolute Gasteiger partial charge is 0.317 e. The molecule has 2 unspecified atom stereocenters. The first kappa shape index (κ1) is 15.2. The van der Waals surface area contributed by atoms with Crippen molar-refractivity contribution in [2.45, 2.75) is 51.1 Å². The molecular formula is C13H27N3O2S. The van der Waals surface area contributed by atoms with Crippen molar-refractivity contribution in [3.63, 3.8) is 0 Å². The molecule has 2 rings (SSSR count). The molecule has 0 amide bonds. The second kappa shape index (κ2) is 7.02. The molecule has 6 heteroatoms. The fourth-order valence-corrected chi connectivity index (χ4v) is 4.57. The highest BCUT2D eigenvalue weighted by molar-refractivity contribution is 7.89. The van der Waals surface area contributed by atoms with Gasteiger partial charge in [-0.3, -0.25) is 0 Å². The van der Waals surface area contributed by atoms with Gasteiger partial charge in [0.2, 0.25) is 10.0 Å². The van der Waals surface area contributed by atoms with E-state index < -0.39 is 10.0 Å². The van der Waals surface area contributed by atoms with Gasteiger partial charge in [-0.15, -0.1) is 0 Å². The first-order chi connectivity index (χ1) is 9.11. The third-order valence-corrected chi connectivity index (χ3v) is 5.70. The average molecular weight is 289 g/mol. The van der Waals surface area contributed by atoms with Crippen molar-refractivity contribution in [2.75, 3.05) is 31.9 Å². The third-order valence-electron chi connectivity index (χ3n) is 4.18. The summed E-state index contributed by atoms with van der Waals surface area (Å²) in [6.45, 7) is 5.95. The SMILES string of the molecule is CCNCCCS(=O)(=O)NC1CCN2CCCC2C1. The number of nitrogens with one attached hydrogen (secondary N) is 2. The molecule has 0 aromatic rings. The maximum Gasteiger partial charge on any atom is 0.211 e. The first-order valence-corrected chi connectivity index (χ1v) is 9.20. The second-order valence-electron chi connectivity index (χ2n) is 5.70. The first-order valence-electron chi connectivity index (χ1n) is 7.55. The second-order valence-corrected chi connectivity index (χ2v) is 7.57. The van der Waals surface area contributed by atoms with E-state index in [1.54, 1.807) is 0 Å². The van der Waals surface area contributed by atoms with E-state index in [-0.39, 0.29) is 11.8 Å². The lowest BCUT2D eigenvalue weighted by atomic mass is 9.99. The lowest BCUT2D eigenvalue weighted by Gasteiger charge is -2.34. The Morgan fingerprint density at radius 3 is 2.89 bits per heavy atom. The maximum atomic E-state index is 12.0. The summed E-state index contributed by atoms with van der Waals surface area (Å²) in [5, 5.41) is 3.16. The number of sulfonamides is 1. The standard InChI is InChI=1S/C13H27N3O2S/c1-2-14-7-4-10-19(17,18)15-12-6-9-16-8-3-5-13(16)11-12/h12-15H,2-11H2,1H3. The minimum Gasteiger partial charge on any atom is -0.317 e. The van der Waals surface area contributed by atoms with E-state index >= 15 is 0 Å². The van der Waals surface area contributed by atoms with Crippen LogP contribution < -0.4 is 10.0 Å². The van der Waals surface area contributed by atoms with Crippen LogP contribution in [-0.4, -0.2) is 57.3 Å². The highest BCUT2D eigenvalue weighted by Crippen LogP contribution is 2.27. The zero-order valence-corrected chi connectivity index (χ0v) is 12.7. The minimum atomic E-state index is -3.10. The molecule has 0 saturated carbocycles. The van der Waals surface area contributed by atoms with Gasteiger partial charge in [0, 0.05) is 12.1 Å². The number of rotatable bonds is 7. The summed E-state index contributed by atoms with van der Waals surface area (Å²) >= 11 is 0. The minimum absolute atomic E-state index is 0.156. The number of nitrogens with zero attached hydrogens (tertiary/aromatic N) is 1. The molecule has 2 aliphatic rings. The molecule has 0 aromatic heterocycles. The Balaban J connectivity index is 1.73. The number of hydrogen-bond acceptors (Lipinski definition) is 4. The summed E-state index contributed by atoms with van der Waals surface area (Å²) in [6.07, 6.45) is 5.15. The summed E-state index contributed by atoms with van der Waals surface area (Å²) in [5.41, 5.74) is 0. The predicted octanol–water partition coefficient (Wildman–Crippen LogP) is 0.532. The molecule has 0 aromatic carbocycles. The molecule has 2 atom stereocenters. The van der Waals surface area contributed by atoms with E-state index in [1.807, 2.05) is 6.92 Å². The van der Waals surface area contributed by atoms with Crippen molar-refractivity contribution < 1.29 is 8.42 Å². The van der Waals surface area contributed by atoms with Crippen LogP contribution in [0.3, 0.4) is 0 Å². The van der Waals surface area contributed by atoms with E-state index in [0.717, 1.165) is 32.5 Å². The summed E-state index contributed by atoms with van der Waals surface area (Å²) in [7, 11) is -3.10. The monoisotopic (exact) mass is 289 g/mol. The normalized spacial score (nSPS) is 28.5. The summed E-state index contributed by atoms with van der Waals surface area (Å²) in [6, 6.07) is 0.770. The smallest absolute Gasteiger partial charge is 0.211 e. The third kappa shape index (κ3) is 4.70. The van der Waals surface area contributed by atoms with E-state index in [0.29, 0.717) is 12.5 Å². The molecule has 2 heterocycles. The average Bonchev–Trinajstić information content (AvgIpc) is 2.81. The molecule has 0 bridgehead atoms. The fourth-order valence-electron chi connectivity index (χ4n) is 3.21. The molecule has 0 radical (unpaired) electrons. The Kier molecular flexibility index (Phi) is 5.62. The van der Waals surface area contributed by atoms with Gasteiger partial charge in [-0.25, -0.2) is 13.1 Å². The number of hydrogen-bond donors (Lipinski definition) is 2. The summed E-state index contributed by atoms with van der Waals surface area (Å²) in [4.78, 5) is 2.51. The van der Waals surface area contributed by atoms with Crippen molar-refractivity contribution in [1.82, 2.24) is 14.9 Å². The van der Waals surface area contributed by atoms with Crippen molar-refractivity contribution in [1.29, 1.82) is 0 Å². The Labute approximate surface area is 117 Å². The van der Waals surface area contributed by atoms with Crippen LogP contribution in [0.4, 0.5) is 0 Å². The van der Waals surface area contributed by atoms with Crippen LogP contribution in [0.15, 0.2) is 0 Å². The van der Waals surface area contributed by atoms with Crippen molar-refractivity contribution in [2.24, 2.45) is 0 Å². The van der Waals surface area contributed by atoms with Gasteiger partial charge in [0.25, 0.3) is 0 Å². The van der Waals surface area contributed by atoms with Crippen LogP contribution in [-0.2, 0) is 10.0 Å². The van der Waals surface area contributed by atoms with Crippen molar-refractivity contribution >= 4 is 10.0 Å². The van der Waals surface area contributed by atoms with Crippen LogP contribution in [0, 0.1) is 0 Å². The van der Waals surface area contributed by atoms with E-state index in [2.05, 4.69) is 14.9 Å². The van der Waals surface area contributed by atoms with Crippen LogP contribution in [0.2, 0.25) is 0 Å². The van der Waals surface area contributed by atoms with Crippen LogP contribution in [0.25, 0.3) is 0 Å². The molecule has 0 spiro atoms. The van der Waals surface area contributed by atoms with Gasteiger partial charge in [-0.05, 0) is 58.3 Å². The Bertz CT molecular complexity index is 372. The molecule has 2 fully saturated rings. The molecule has 2 N–H and O–H groups in total. The number of piperidine rings is 1. The van der Waals surface area contributed by atoms with Gasteiger partial charge in [0.15, 0.2) is 0 Å². The predicted molar refractivity (Wildman–Crippen MR) is 77.7 cm³/mol. The fraction of sp³-hybridized carbons (Fsp3) is 1.00. The zero-order chi connectivity index (χ0) is 13.7. The van der Waals surface area contributed by atoms with Crippen molar-refractivity contribution in [3.8, 4) is 0 Å². The molecule has 5 nitrogen and oxygen atoms in total. The Morgan fingerprint density at radius 1 is 1.26 bits per heavy atom. The molecule has 2 aliphatic heterocycles. The van der Waals surface area contributed by atoms with E-state index in [9.17, 15) is 8.42 Å². The number of fused-ring (bicyclic) bond motifs is 1. The van der Waals surface area contributed by atoms with Gasteiger partial charge < -0.3 is 10.2 Å². The lowest BCUT2D eigenvalue weighted by Crippen LogP contribution is -2.47. The van der Waals surface area contributed by atoms with Gasteiger partial charge >= 0.3 is 0 Å². The van der Waals surface area contributed by atoms with E-state index in [4.69, 9.17) is 0 Å². The summed E-state index contributed by atoms with van der Waals surface area (Å²) in [5.74, 6) is 0.241. The molecular weight excluding hydrogens is 262 g/mol. The van der Waals surface area contributed by atoms with Gasteiger partial charge in [0.05, 0.1) is 5.75 Å². The molecule has 112 valence electrons. The van der Waals surface area contributed by atoms with Crippen LogP contribution >= 0.6 is 0 Å². The van der Waals surface area contributed by atoms with Gasteiger partial charge in [-0.2, -0.15) is 0 Å². The Hall–Kier alpha value is -0.170. The molecule has 19 heavy (non-hydrogen) atoms. The Morgan fingerprint density at radius 2 is 2.11 bits per heavy atom. The van der Waals surface area contributed by atoms with E-state index in [1.165, 1.54) is 19.4 Å². The van der Waals surface area contributed by atoms with Crippen LogP contribution in [0.5, 0.6) is 0 Å². The highest BCUT2D eigenvalue weighted by atomic mass is 32.2. The quantitative estimate of drug-likeness (QED) is 0.671. The van der Waals surface area contributed by atoms with Crippen LogP contribution in [0.1, 0.15) is 39.0 Å². The molecule has 2 saturated heterocycles. The van der Waals surface area contributed by atoms with Crippen molar-refractivity contribution in [3.05, 3.63) is 0 Å². The maximum absolute atomic E-state index is 12.0. The molecule has 0 aliphatic carbocycles. The zero-order valence-electron chi connectivity index (χ0n) is 11.9. The van der Waals surface area contributed by atoms with Gasteiger partial charge in [-0.1, -0.05) is 6.92 Å². The van der Waals surface area contributed by atoms with Gasteiger partial charge in [0.1, 0.15) is 0 Å². The highest BCUT2D eigenvalue weighted by Gasteiger charge is 2.33. The summed E-state index contributed by atoms with van der Waals surface area (Å²) < 4.78 is 26.9.